The summed E-state index contributed by atoms with van der Waals surface area (Å²) in [6, 6.07) is 0. The van der Waals surface area contributed by atoms with Gasteiger partial charge in [0.25, 0.3) is 0 Å². The normalized spacial score (nSPS) is 18.9. The van der Waals surface area contributed by atoms with E-state index < -0.39 is 0 Å². The molecule has 1 atom stereocenters. The zero-order valence-electron chi connectivity index (χ0n) is 10.7. The number of thiophene rings is 1. The average molecular weight is 279 g/mol. The highest BCUT2D eigenvalue weighted by atomic mass is 32.1. The van der Waals surface area contributed by atoms with Crippen molar-refractivity contribution in [2.75, 3.05) is 0 Å². The van der Waals surface area contributed by atoms with E-state index in [1.807, 2.05) is 11.3 Å². The first-order chi connectivity index (χ1) is 8.70. The average Bonchev–Trinajstić information content (AvgIpc) is 2.91. The van der Waals surface area contributed by atoms with Gasteiger partial charge in [0.15, 0.2) is 10.6 Å². The minimum Gasteiger partial charge on any atom is -0.300 e. The van der Waals surface area contributed by atoms with Gasteiger partial charge in [0.1, 0.15) is 0 Å². The Balaban J connectivity index is 2.10. The van der Waals surface area contributed by atoms with Gasteiger partial charge in [-0.15, -0.1) is 11.3 Å². The van der Waals surface area contributed by atoms with Crippen molar-refractivity contribution < 1.29 is 0 Å². The molecule has 0 fully saturated rings. The molecule has 1 aliphatic rings. The molecule has 0 saturated heterocycles. The largest absolute Gasteiger partial charge is 0.300 e. The second-order valence-electron chi connectivity index (χ2n) is 5.00. The molecule has 2 aromatic heterocycles. The molecule has 0 bridgehead atoms. The molecular weight excluding hydrogens is 262 g/mol. The Morgan fingerprint density at radius 2 is 2.44 bits per heavy atom. The maximum Gasteiger partial charge on any atom is 0.195 e. The topological polar surface area (TPSA) is 33.6 Å². The number of aromatic amines is 1. The summed E-state index contributed by atoms with van der Waals surface area (Å²) in [5.74, 6) is 1.82. The van der Waals surface area contributed by atoms with Crippen LogP contribution in [0.3, 0.4) is 0 Å². The molecule has 0 radical (unpaired) electrons. The molecule has 1 aliphatic carbocycles. The van der Waals surface area contributed by atoms with E-state index in [1.54, 1.807) is 4.88 Å². The van der Waals surface area contributed by atoms with Crippen LogP contribution in [0.4, 0.5) is 0 Å². The molecule has 0 saturated carbocycles. The lowest BCUT2D eigenvalue weighted by atomic mass is 9.88. The highest BCUT2D eigenvalue weighted by Crippen LogP contribution is 2.37. The third-order valence-corrected chi connectivity index (χ3v) is 5.08. The predicted octanol–water partition coefficient (Wildman–Crippen LogP) is 3.81. The third-order valence-electron chi connectivity index (χ3n) is 3.72. The molecule has 3 rings (SSSR count). The first-order valence-electron chi connectivity index (χ1n) is 6.45. The van der Waals surface area contributed by atoms with Crippen molar-refractivity contribution in [2.45, 2.75) is 39.7 Å². The van der Waals surface area contributed by atoms with Gasteiger partial charge in [0.05, 0.1) is 0 Å². The van der Waals surface area contributed by atoms with Crippen LogP contribution in [0.25, 0.3) is 11.4 Å². The molecule has 0 aromatic carbocycles. The molecule has 5 heteroatoms. The van der Waals surface area contributed by atoms with E-state index >= 15 is 0 Å². The molecule has 0 spiro atoms. The minimum absolute atomic E-state index is 0.719. The van der Waals surface area contributed by atoms with Gasteiger partial charge in [-0.2, -0.15) is 5.10 Å². The predicted molar refractivity (Wildman–Crippen MR) is 77.6 cm³/mol. The quantitative estimate of drug-likeness (QED) is 0.848. The van der Waals surface area contributed by atoms with Crippen LogP contribution in [-0.4, -0.2) is 14.8 Å². The van der Waals surface area contributed by atoms with Crippen molar-refractivity contribution in [1.29, 1.82) is 0 Å². The van der Waals surface area contributed by atoms with Crippen molar-refractivity contribution in [1.82, 2.24) is 14.8 Å². The minimum atomic E-state index is 0.719. The van der Waals surface area contributed by atoms with E-state index in [0.717, 1.165) is 23.1 Å². The molecule has 18 heavy (non-hydrogen) atoms. The Labute approximate surface area is 116 Å². The van der Waals surface area contributed by atoms with Crippen molar-refractivity contribution in [3.63, 3.8) is 0 Å². The van der Waals surface area contributed by atoms with Gasteiger partial charge >= 0.3 is 0 Å². The van der Waals surface area contributed by atoms with Crippen molar-refractivity contribution in [3.05, 3.63) is 20.6 Å². The third kappa shape index (κ3) is 1.86. The first kappa shape index (κ1) is 12.1. The fourth-order valence-corrected chi connectivity index (χ4v) is 4.19. The number of nitrogens with one attached hydrogen (secondary N) is 1. The van der Waals surface area contributed by atoms with E-state index in [2.05, 4.69) is 34.0 Å². The fraction of sp³-hybridized carbons (Fsp3) is 0.538. The highest BCUT2D eigenvalue weighted by molar-refractivity contribution is 7.71. The van der Waals surface area contributed by atoms with Gasteiger partial charge in [-0.05, 0) is 49.9 Å². The molecule has 1 N–H and O–H groups in total. The van der Waals surface area contributed by atoms with Gasteiger partial charge in [-0.25, -0.2) is 0 Å². The molecule has 3 nitrogen and oxygen atoms in total. The smallest absolute Gasteiger partial charge is 0.195 e. The van der Waals surface area contributed by atoms with Gasteiger partial charge < -0.3 is 4.57 Å². The number of hydrogen-bond donors (Lipinski definition) is 1. The van der Waals surface area contributed by atoms with Gasteiger partial charge in [-0.1, -0.05) is 6.92 Å². The lowest BCUT2D eigenvalue weighted by Gasteiger charge is -2.18. The van der Waals surface area contributed by atoms with Gasteiger partial charge in [0.2, 0.25) is 0 Å². The standard InChI is InChI=1S/C13H17N3S2/c1-3-16-12(14-15-13(16)17)10-7-18-11-6-8(2)4-5-9(10)11/h7-8H,3-6H2,1-2H3,(H,15,17). The Bertz CT molecular complexity index is 620. The number of H-pyrrole nitrogens is 1. The van der Waals surface area contributed by atoms with E-state index in [-0.39, 0.29) is 0 Å². The van der Waals surface area contributed by atoms with Crippen molar-refractivity contribution in [3.8, 4) is 11.4 Å². The monoisotopic (exact) mass is 279 g/mol. The van der Waals surface area contributed by atoms with E-state index in [4.69, 9.17) is 12.2 Å². The Hall–Kier alpha value is -0.940. The van der Waals surface area contributed by atoms with E-state index in [0.29, 0.717) is 0 Å². The summed E-state index contributed by atoms with van der Waals surface area (Å²) in [6.07, 6.45) is 3.68. The number of rotatable bonds is 2. The first-order valence-corrected chi connectivity index (χ1v) is 7.74. The van der Waals surface area contributed by atoms with Crippen LogP contribution < -0.4 is 0 Å². The van der Waals surface area contributed by atoms with Crippen molar-refractivity contribution in [2.24, 2.45) is 5.92 Å². The Morgan fingerprint density at radius 1 is 1.61 bits per heavy atom. The summed E-state index contributed by atoms with van der Waals surface area (Å²) >= 11 is 7.15. The molecule has 1 unspecified atom stereocenters. The Morgan fingerprint density at radius 3 is 3.22 bits per heavy atom. The van der Waals surface area contributed by atoms with Gasteiger partial charge in [-0.3, -0.25) is 5.10 Å². The summed E-state index contributed by atoms with van der Waals surface area (Å²) in [5, 5.41) is 9.57. The summed E-state index contributed by atoms with van der Waals surface area (Å²) in [7, 11) is 0. The van der Waals surface area contributed by atoms with Crippen LogP contribution in [0.15, 0.2) is 5.38 Å². The van der Waals surface area contributed by atoms with Crippen LogP contribution in [0, 0.1) is 10.7 Å². The summed E-state index contributed by atoms with van der Waals surface area (Å²) < 4.78 is 2.80. The summed E-state index contributed by atoms with van der Waals surface area (Å²) in [6.45, 7) is 5.31. The molecule has 0 aliphatic heterocycles. The van der Waals surface area contributed by atoms with Crippen molar-refractivity contribution >= 4 is 23.6 Å². The molecule has 2 heterocycles. The van der Waals surface area contributed by atoms with Crippen LogP contribution in [0.2, 0.25) is 0 Å². The molecular formula is C13H17N3S2. The van der Waals surface area contributed by atoms with E-state index in [1.165, 1.54) is 30.4 Å². The fourth-order valence-electron chi connectivity index (χ4n) is 2.68. The second kappa shape index (κ2) is 4.63. The van der Waals surface area contributed by atoms with Gasteiger partial charge in [0, 0.05) is 22.4 Å². The summed E-state index contributed by atoms with van der Waals surface area (Å²) in [5.41, 5.74) is 2.79. The zero-order valence-corrected chi connectivity index (χ0v) is 12.3. The van der Waals surface area contributed by atoms with Crippen LogP contribution in [0.1, 0.15) is 30.7 Å². The molecule has 96 valence electrons. The van der Waals surface area contributed by atoms with Crippen LogP contribution in [0.5, 0.6) is 0 Å². The molecule has 2 aromatic rings. The lowest BCUT2D eigenvalue weighted by Crippen LogP contribution is -2.09. The Kier molecular flexibility index (Phi) is 3.11. The SMILES string of the molecule is CCn1c(-c2csc3c2CCC(C)C3)n[nH]c1=S. The van der Waals surface area contributed by atoms with Crippen LogP contribution >= 0.6 is 23.6 Å². The lowest BCUT2D eigenvalue weighted by molar-refractivity contribution is 0.508. The van der Waals surface area contributed by atoms with E-state index in [9.17, 15) is 0 Å². The maximum absolute atomic E-state index is 5.27. The maximum atomic E-state index is 5.27. The second-order valence-corrected chi connectivity index (χ2v) is 6.35. The molecule has 0 amide bonds. The number of nitrogens with zero attached hydrogens (tertiary/aromatic N) is 2. The number of aromatic nitrogens is 3. The highest BCUT2D eigenvalue weighted by Gasteiger charge is 2.22. The number of fused-ring (bicyclic) bond motifs is 1. The van der Waals surface area contributed by atoms with Crippen LogP contribution in [-0.2, 0) is 19.4 Å². The summed E-state index contributed by atoms with van der Waals surface area (Å²) in [4.78, 5) is 1.54. The zero-order chi connectivity index (χ0) is 12.7. The number of hydrogen-bond acceptors (Lipinski definition) is 3.